The molecule has 3 rings (SSSR count). The van der Waals surface area contributed by atoms with Crippen LogP contribution in [0.15, 0.2) is 0 Å². The van der Waals surface area contributed by atoms with Gasteiger partial charge >= 0.3 is 12.1 Å². The number of piperazine rings is 1. The van der Waals surface area contributed by atoms with Crippen molar-refractivity contribution in [2.24, 2.45) is 5.41 Å². The fourth-order valence-corrected chi connectivity index (χ4v) is 4.11. The smallest absolute Gasteiger partial charge is 0.408 e. The lowest BCUT2D eigenvalue weighted by molar-refractivity contribution is -0.140. The van der Waals surface area contributed by atoms with Gasteiger partial charge in [0.2, 0.25) is 5.91 Å². The fraction of sp³-hybridized carbons (Fsp3) is 0.727. The van der Waals surface area contributed by atoms with E-state index in [4.69, 9.17) is 4.74 Å². The minimum absolute atomic E-state index is 0.1000. The zero-order chi connectivity index (χ0) is 24.0. The number of nitrogens with zero attached hydrogens (tertiary/aromatic N) is 5. The Labute approximate surface area is 189 Å². The second-order valence-corrected chi connectivity index (χ2v) is 10.6. The second kappa shape index (κ2) is 8.38. The number of carbonyl (C=O) groups excluding carboxylic acids is 3. The molecular formula is C22H36N6O4. The normalized spacial score (nSPS) is 18.6. The van der Waals surface area contributed by atoms with E-state index >= 15 is 0 Å². The van der Waals surface area contributed by atoms with E-state index in [1.165, 1.54) is 0 Å². The first-order valence-electron chi connectivity index (χ1n) is 11.1. The number of nitrogens with one attached hydrogen (secondary N) is 1. The quantitative estimate of drug-likeness (QED) is 0.762. The molecule has 2 aliphatic heterocycles. The lowest BCUT2D eigenvalue weighted by Gasteiger charge is -2.41. The molecule has 32 heavy (non-hydrogen) atoms. The Kier molecular flexibility index (Phi) is 6.29. The van der Waals surface area contributed by atoms with E-state index in [1.807, 2.05) is 39.6 Å². The monoisotopic (exact) mass is 448 g/mol. The highest BCUT2D eigenvalue weighted by Gasteiger charge is 2.40. The van der Waals surface area contributed by atoms with Crippen LogP contribution in [-0.4, -0.2) is 80.3 Å². The number of alkyl carbamates (subject to hydrolysis) is 1. The van der Waals surface area contributed by atoms with Gasteiger partial charge in [0.1, 0.15) is 17.5 Å². The van der Waals surface area contributed by atoms with Crippen LogP contribution in [0.3, 0.4) is 0 Å². The minimum atomic E-state index is -0.713. The van der Waals surface area contributed by atoms with Gasteiger partial charge in [-0.05, 0) is 40.0 Å². The van der Waals surface area contributed by atoms with E-state index in [1.54, 1.807) is 35.2 Å². The van der Waals surface area contributed by atoms with Crippen molar-refractivity contribution in [1.82, 2.24) is 29.8 Å². The first kappa shape index (κ1) is 24.0. The summed E-state index contributed by atoms with van der Waals surface area (Å²) in [5, 5.41) is 6.49. The van der Waals surface area contributed by atoms with Crippen molar-refractivity contribution in [3.05, 3.63) is 17.2 Å². The van der Waals surface area contributed by atoms with Gasteiger partial charge in [-0.2, -0.15) is 0 Å². The first-order valence-corrected chi connectivity index (χ1v) is 11.1. The van der Waals surface area contributed by atoms with Crippen molar-refractivity contribution < 1.29 is 19.1 Å². The SMILES string of the molecule is Cc1nc(C)n2c1CN(N1CCN(C(=O)[C@H](NC(=O)OC(C)(C)C)C(C)(C)C)CC1)C2=O. The molecule has 1 saturated heterocycles. The molecule has 0 saturated carbocycles. The Hall–Kier alpha value is -2.62. The third-order valence-electron chi connectivity index (χ3n) is 5.74. The third kappa shape index (κ3) is 4.90. The van der Waals surface area contributed by atoms with Crippen LogP contribution < -0.4 is 5.32 Å². The molecule has 1 aromatic heterocycles. The van der Waals surface area contributed by atoms with Crippen molar-refractivity contribution in [1.29, 1.82) is 0 Å². The van der Waals surface area contributed by atoms with Crippen LogP contribution in [0.1, 0.15) is 58.8 Å². The fourth-order valence-electron chi connectivity index (χ4n) is 4.11. The van der Waals surface area contributed by atoms with Gasteiger partial charge in [0.05, 0.1) is 17.9 Å². The summed E-state index contributed by atoms with van der Waals surface area (Å²) in [4.78, 5) is 44.7. The number of aryl methyl sites for hydroxylation is 2. The molecule has 0 aliphatic carbocycles. The zero-order valence-electron chi connectivity index (χ0n) is 20.5. The van der Waals surface area contributed by atoms with E-state index in [0.717, 1.165) is 11.4 Å². The number of ether oxygens (including phenoxy) is 1. The summed E-state index contributed by atoms with van der Waals surface area (Å²) < 4.78 is 7.02. The maximum absolute atomic E-state index is 13.3. The number of hydrogen-bond donors (Lipinski definition) is 1. The van der Waals surface area contributed by atoms with Gasteiger partial charge in [0.25, 0.3) is 0 Å². The number of carbonyl (C=O) groups is 3. The molecule has 0 radical (unpaired) electrons. The average molecular weight is 449 g/mol. The van der Waals surface area contributed by atoms with Crippen molar-refractivity contribution in [3.8, 4) is 0 Å². The molecule has 178 valence electrons. The molecule has 2 aliphatic rings. The van der Waals surface area contributed by atoms with Crippen LogP contribution in [0.25, 0.3) is 0 Å². The number of fused-ring (bicyclic) bond motifs is 1. The Morgan fingerprint density at radius 3 is 2.12 bits per heavy atom. The van der Waals surface area contributed by atoms with Gasteiger partial charge in [-0.15, -0.1) is 0 Å². The number of hydrazine groups is 1. The summed E-state index contributed by atoms with van der Waals surface area (Å²) >= 11 is 0. The predicted octanol–water partition coefficient (Wildman–Crippen LogP) is 2.28. The molecular weight excluding hydrogens is 412 g/mol. The molecule has 0 spiro atoms. The Bertz CT molecular complexity index is 903. The topological polar surface area (TPSA) is 100 Å². The molecule has 0 unspecified atom stereocenters. The minimum Gasteiger partial charge on any atom is -0.444 e. The van der Waals surface area contributed by atoms with Gasteiger partial charge in [0.15, 0.2) is 0 Å². The molecule has 3 heterocycles. The number of rotatable bonds is 3. The van der Waals surface area contributed by atoms with Crippen molar-refractivity contribution in [2.45, 2.75) is 73.6 Å². The van der Waals surface area contributed by atoms with Crippen molar-refractivity contribution >= 4 is 18.0 Å². The van der Waals surface area contributed by atoms with Crippen LogP contribution >= 0.6 is 0 Å². The van der Waals surface area contributed by atoms with Crippen LogP contribution in [0, 0.1) is 19.3 Å². The molecule has 0 aromatic carbocycles. The molecule has 0 bridgehead atoms. The molecule has 1 aromatic rings. The lowest BCUT2D eigenvalue weighted by atomic mass is 9.85. The van der Waals surface area contributed by atoms with Crippen LogP contribution in [0.4, 0.5) is 9.59 Å². The van der Waals surface area contributed by atoms with E-state index < -0.39 is 23.2 Å². The molecule has 1 fully saturated rings. The maximum Gasteiger partial charge on any atom is 0.408 e. The molecule has 1 N–H and O–H groups in total. The van der Waals surface area contributed by atoms with Crippen molar-refractivity contribution in [3.63, 3.8) is 0 Å². The second-order valence-electron chi connectivity index (χ2n) is 10.6. The predicted molar refractivity (Wildman–Crippen MR) is 119 cm³/mol. The van der Waals surface area contributed by atoms with Crippen molar-refractivity contribution in [2.75, 3.05) is 26.2 Å². The highest BCUT2D eigenvalue weighted by atomic mass is 16.6. The Morgan fingerprint density at radius 2 is 1.62 bits per heavy atom. The van der Waals surface area contributed by atoms with Crippen LogP contribution in [0.5, 0.6) is 0 Å². The van der Waals surface area contributed by atoms with E-state index in [9.17, 15) is 14.4 Å². The first-order chi connectivity index (χ1) is 14.7. The van der Waals surface area contributed by atoms with E-state index in [-0.39, 0.29) is 11.9 Å². The molecule has 1 atom stereocenters. The maximum atomic E-state index is 13.3. The summed E-state index contributed by atoms with van der Waals surface area (Å²) in [6.45, 7) is 17.4. The number of imidazole rings is 1. The molecule has 10 nitrogen and oxygen atoms in total. The van der Waals surface area contributed by atoms with Gasteiger partial charge in [-0.25, -0.2) is 24.1 Å². The van der Waals surface area contributed by atoms with Gasteiger partial charge < -0.3 is 15.0 Å². The summed E-state index contributed by atoms with van der Waals surface area (Å²) in [5.74, 6) is 0.554. The lowest BCUT2D eigenvalue weighted by Crippen LogP contribution is -2.60. The standard InChI is InChI=1S/C22H36N6O4/c1-14-16-13-27(20(31)28(16)15(2)23-14)26-11-9-25(10-12-26)18(29)17(21(3,4)5)24-19(30)32-22(6,7)8/h17H,9-13H2,1-8H3,(H,24,30)/t17-/m0/s1. The summed E-state index contributed by atoms with van der Waals surface area (Å²) in [5.41, 5.74) is 0.657. The van der Waals surface area contributed by atoms with Crippen LogP contribution in [0.2, 0.25) is 0 Å². The number of amides is 3. The molecule has 10 heteroatoms. The zero-order valence-corrected chi connectivity index (χ0v) is 20.5. The Morgan fingerprint density at radius 1 is 1.03 bits per heavy atom. The highest BCUT2D eigenvalue weighted by Crippen LogP contribution is 2.26. The molecule has 3 amide bonds. The number of hydrogen-bond acceptors (Lipinski definition) is 6. The highest BCUT2D eigenvalue weighted by molar-refractivity contribution is 5.86. The third-order valence-corrected chi connectivity index (χ3v) is 5.74. The van der Waals surface area contributed by atoms with Gasteiger partial charge in [-0.1, -0.05) is 20.8 Å². The van der Waals surface area contributed by atoms with E-state index in [0.29, 0.717) is 38.5 Å². The van der Waals surface area contributed by atoms with Gasteiger partial charge in [0, 0.05) is 26.2 Å². The summed E-state index contributed by atoms with van der Waals surface area (Å²) in [6.07, 6.45) is -0.603. The Balaban J connectivity index is 1.63. The summed E-state index contributed by atoms with van der Waals surface area (Å²) in [7, 11) is 0. The average Bonchev–Trinajstić information content (AvgIpc) is 3.14. The largest absolute Gasteiger partial charge is 0.444 e. The van der Waals surface area contributed by atoms with Gasteiger partial charge in [-0.3, -0.25) is 9.80 Å². The number of aromatic nitrogens is 2. The van der Waals surface area contributed by atoms with E-state index in [2.05, 4.69) is 10.3 Å². The van der Waals surface area contributed by atoms with Crippen LogP contribution in [-0.2, 0) is 16.1 Å². The summed E-state index contributed by atoms with van der Waals surface area (Å²) in [6, 6.07) is -0.813.